The number of aromatic amines is 1. The lowest BCUT2D eigenvalue weighted by Crippen LogP contribution is -2.37. The number of benzene rings is 1. The van der Waals surface area contributed by atoms with Crippen molar-refractivity contribution in [2.24, 2.45) is 0 Å². The van der Waals surface area contributed by atoms with Gasteiger partial charge in [0.15, 0.2) is 0 Å². The largest absolute Gasteiger partial charge is 0.461 e. The van der Waals surface area contributed by atoms with Gasteiger partial charge in [0.05, 0.1) is 6.61 Å². The fraction of sp³-hybridized carbons (Fsp3) is 0.211. The average Bonchev–Trinajstić information content (AvgIpc) is 3.00. The van der Waals surface area contributed by atoms with Gasteiger partial charge in [-0.3, -0.25) is 15.2 Å². The molecule has 1 aromatic carbocycles. The predicted molar refractivity (Wildman–Crippen MR) is 97.5 cm³/mol. The number of pyridine rings is 1. The first-order valence-electron chi connectivity index (χ1n) is 8.31. The fourth-order valence-electron chi connectivity index (χ4n) is 2.71. The molecule has 26 heavy (non-hydrogen) atoms. The van der Waals surface area contributed by atoms with Crippen molar-refractivity contribution in [1.29, 1.82) is 0 Å². The molecular formula is C19H20N4O3. The summed E-state index contributed by atoms with van der Waals surface area (Å²) in [6, 6.07) is 9.13. The number of aryl methyl sites for hydroxylation is 1. The van der Waals surface area contributed by atoms with E-state index in [0.29, 0.717) is 17.9 Å². The van der Waals surface area contributed by atoms with Crippen molar-refractivity contribution in [3.8, 4) is 0 Å². The topological polar surface area (TPSA) is 96.1 Å². The van der Waals surface area contributed by atoms with Crippen LogP contribution in [0.5, 0.6) is 0 Å². The monoisotopic (exact) mass is 352 g/mol. The third kappa shape index (κ3) is 3.73. The Balaban J connectivity index is 1.81. The lowest BCUT2D eigenvalue weighted by atomic mass is 10.1. The zero-order chi connectivity index (χ0) is 18.5. The number of nitrogens with zero attached hydrogens (tertiary/aromatic N) is 1. The summed E-state index contributed by atoms with van der Waals surface area (Å²) in [5.41, 5.74) is 9.07. The molecule has 2 heterocycles. The second-order valence-corrected chi connectivity index (χ2v) is 5.79. The van der Waals surface area contributed by atoms with Crippen LogP contribution in [0.4, 0.5) is 0 Å². The Morgan fingerprint density at radius 3 is 2.69 bits per heavy atom. The molecule has 0 fully saturated rings. The number of fused-ring (bicyclic) bond motifs is 1. The number of hydrazine groups is 1. The number of rotatable bonds is 6. The quantitative estimate of drug-likeness (QED) is 0.468. The van der Waals surface area contributed by atoms with Crippen LogP contribution in [0.15, 0.2) is 42.7 Å². The number of hydrogen-bond acceptors (Lipinski definition) is 5. The Labute approximate surface area is 150 Å². The molecule has 0 unspecified atom stereocenters. The maximum atomic E-state index is 12.3. The van der Waals surface area contributed by atoms with Crippen molar-refractivity contribution in [1.82, 2.24) is 20.8 Å². The van der Waals surface area contributed by atoms with Gasteiger partial charge in [0, 0.05) is 41.0 Å². The number of aromatic nitrogens is 2. The summed E-state index contributed by atoms with van der Waals surface area (Å²) in [5, 5.41) is 0.915. The molecule has 3 rings (SSSR count). The van der Waals surface area contributed by atoms with Crippen LogP contribution in [0.2, 0.25) is 0 Å². The summed E-state index contributed by atoms with van der Waals surface area (Å²) >= 11 is 0. The van der Waals surface area contributed by atoms with Crippen LogP contribution in [-0.2, 0) is 11.3 Å². The van der Waals surface area contributed by atoms with Crippen LogP contribution in [-0.4, -0.2) is 28.5 Å². The number of carbonyl (C=O) groups is 2. The molecule has 3 N–H and O–H groups in total. The van der Waals surface area contributed by atoms with E-state index in [1.807, 2.05) is 25.1 Å². The number of carbonyl (C=O) groups excluding carboxylic acids is 2. The summed E-state index contributed by atoms with van der Waals surface area (Å²) in [6.07, 6.45) is 3.10. The predicted octanol–water partition coefficient (Wildman–Crippen LogP) is 2.48. The van der Waals surface area contributed by atoms with Crippen LogP contribution in [0, 0.1) is 6.92 Å². The molecule has 0 aliphatic carbocycles. The summed E-state index contributed by atoms with van der Waals surface area (Å²) in [5.74, 6) is -0.695. The summed E-state index contributed by atoms with van der Waals surface area (Å²) in [7, 11) is 0. The fourth-order valence-corrected chi connectivity index (χ4v) is 2.71. The van der Waals surface area contributed by atoms with Gasteiger partial charge in [-0.2, -0.15) is 0 Å². The Morgan fingerprint density at radius 1 is 1.19 bits per heavy atom. The molecule has 7 heteroatoms. The molecular weight excluding hydrogens is 332 g/mol. The first kappa shape index (κ1) is 17.6. The van der Waals surface area contributed by atoms with E-state index < -0.39 is 5.97 Å². The maximum Gasteiger partial charge on any atom is 0.355 e. The van der Waals surface area contributed by atoms with Crippen LogP contribution in [0.25, 0.3) is 10.9 Å². The minimum absolute atomic E-state index is 0.272. The first-order valence-corrected chi connectivity index (χ1v) is 8.31. The number of nitrogens with one attached hydrogen (secondary N) is 3. The molecule has 0 saturated carbocycles. The van der Waals surface area contributed by atoms with Gasteiger partial charge in [0.1, 0.15) is 5.69 Å². The Morgan fingerprint density at radius 2 is 1.96 bits per heavy atom. The zero-order valence-corrected chi connectivity index (χ0v) is 14.6. The number of esters is 1. The van der Waals surface area contributed by atoms with Crippen molar-refractivity contribution in [2.75, 3.05) is 6.61 Å². The summed E-state index contributed by atoms with van der Waals surface area (Å²) < 4.78 is 5.13. The third-order valence-corrected chi connectivity index (χ3v) is 3.95. The highest BCUT2D eigenvalue weighted by Gasteiger charge is 2.19. The highest BCUT2D eigenvalue weighted by Crippen LogP contribution is 2.24. The molecule has 0 radical (unpaired) electrons. The van der Waals surface area contributed by atoms with Crippen molar-refractivity contribution >= 4 is 22.8 Å². The van der Waals surface area contributed by atoms with E-state index in [1.165, 1.54) is 0 Å². The van der Waals surface area contributed by atoms with Gasteiger partial charge in [0.25, 0.3) is 5.91 Å². The van der Waals surface area contributed by atoms with Crippen molar-refractivity contribution in [3.63, 3.8) is 0 Å². The molecule has 0 aliphatic heterocycles. The molecule has 0 atom stereocenters. The number of ether oxygens (including phenoxy) is 1. The van der Waals surface area contributed by atoms with Gasteiger partial charge in [-0.25, -0.2) is 10.2 Å². The number of amides is 1. The van der Waals surface area contributed by atoms with Gasteiger partial charge in [-0.05, 0) is 38.1 Å². The Kier molecular flexibility index (Phi) is 5.28. The second kappa shape index (κ2) is 7.79. The number of H-pyrrole nitrogens is 1. The standard InChI is InChI=1S/C19H20N4O3/c1-3-26-19(25)17-15(14-10-12(2)4-5-16(14)22-17)11-21-23-18(24)13-6-8-20-9-7-13/h4-10,21-22H,3,11H2,1-2H3,(H,23,24). The Bertz CT molecular complexity index is 935. The van der Waals surface area contributed by atoms with Gasteiger partial charge in [-0.1, -0.05) is 11.6 Å². The minimum Gasteiger partial charge on any atom is -0.461 e. The van der Waals surface area contributed by atoms with Gasteiger partial charge < -0.3 is 9.72 Å². The minimum atomic E-state index is -0.418. The molecule has 0 aliphatic rings. The molecule has 0 saturated heterocycles. The van der Waals surface area contributed by atoms with Gasteiger partial charge in [-0.15, -0.1) is 0 Å². The van der Waals surface area contributed by atoms with Gasteiger partial charge in [0.2, 0.25) is 0 Å². The number of hydrogen-bond donors (Lipinski definition) is 3. The molecule has 134 valence electrons. The molecule has 0 bridgehead atoms. The van der Waals surface area contributed by atoms with E-state index >= 15 is 0 Å². The van der Waals surface area contributed by atoms with Crippen LogP contribution in [0.1, 0.15) is 38.9 Å². The van der Waals surface area contributed by atoms with Gasteiger partial charge >= 0.3 is 5.97 Å². The summed E-state index contributed by atoms with van der Waals surface area (Å²) in [6.45, 7) is 4.31. The maximum absolute atomic E-state index is 12.3. The molecule has 3 aromatic rings. The van der Waals surface area contributed by atoms with E-state index in [-0.39, 0.29) is 12.5 Å². The first-order chi connectivity index (χ1) is 12.6. The average molecular weight is 352 g/mol. The van der Waals surface area contributed by atoms with E-state index in [9.17, 15) is 9.59 Å². The zero-order valence-electron chi connectivity index (χ0n) is 14.6. The highest BCUT2D eigenvalue weighted by atomic mass is 16.5. The van der Waals surface area contributed by atoms with Crippen LogP contribution in [0.3, 0.4) is 0 Å². The van der Waals surface area contributed by atoms with Crippen LogP contribution < -0.4 is 10.9 Å². The van der Waals surface area contributed by atoms with E-state index in [4.69, 9.17) is 4.74 Å². The Hall–Kier alpha value is -3.19. The second-order valence-electron chi connectivity index (χ2n) is 5.79. The van der Waals surface area contributed by atoms with E-state index in [1.54, 1.807) is 31.5 Å². The molecule has 7 nitrogen and oxygen atoms in total. The van der Waals surface area contributed by atoms with Crippen molar-refractivity contribution in [3.05, 3.63) is 65.1 Å². The van der Waals surface area contributed by atoms with Crippen molar-refractivity contribution in [2.45, 2.75) is 20.4 Å². The molecule has 1 amide bonds. The van der Waals surface area contributed by atoms with Crippen molar-refractivity contribution < 1.29 is 14.3 Å². The molecule has 0 spiro atoms. The SMILES string of the molecule is CCOC(=O)c1[nH]c2ccc(C)cc2c1CNNC(=O)c1ccncc1. The third-order valence-electron chi connectivity index (χ3n) is 3.95. The lowest BCUT2D eigenvalue weighted by molar-refractivity contribution is 0.0519. The summed E-state index contributed by atoms with van der Waals surface area (Å²) in [4.78, 5) is 31.4. The lowest BCUT2D eigenvalue weighted by Gasteiger charge is -2.09. The van der Waals surface area contributed by atoms with E-state index in [0.717, 1.165) is 22.0 Å². The molecule has 2 aromatic heterocycles. The highest BCUT2D eigenvalue weighted by molar-refractivity contribution is 5.98. The van der Waals surface area contributed by atoms with Crippen LogP contribution >= 0.6 is 0 Å². The normalized spacial score (nSPS) is 10.7. The smallest absolute Gasteiger partial charge is 0.355 e. The van der Waals surface area contributed by atoms with E-state index in [2.05, 4.69) is 20.8 Å².